The molecule has 19 heavy (non-hydrogen) atoms. The second-order valence-corrected chi connectivity index (χ2v) is 6.72. The fourth-order valence-corrected chi connectivity index (χ4v) is 4.41. The molecular weight excluding hydrogens is 260 g/mol. The van der Waals surface area contributed by atoms with Gasteiger partial charge < -0.3 is 5.32 Å². The zero-order chi connectivity index (χ0) is 13.9. The van der Waals surface area contributed by atoms with Gasteiger partial charge in [-0.1, -0.05) is 26.0 Å². The van der Waals surface area contributed by atoms with Gasteiger partial charge in [-0.2, -0.15) is 4.31 Å². The summed E-state index contributed by atoms with van der Waals surface area (Å²) >= 11 is 0. The Kier molecular flexibility index (Phi) is 4.60. The number of sulfonamides is 1. The maximum atomic E-state index is 12.7. The molecule has 0 atom stereocenters. The minimum Gasteiger partial charge on any atom is -0.312 e. The van der Waals surface area contributed by atoms with Crippen molar-refractivity contribution in [3.8, 4) is 0 Å². The molecule has 0 spiro atoms. The van der Waals surface area contributed by atoms with Gasteiger partial charge in [0, 0.05) is 19.6 Å². The van der Waals surface area contributed by atoms with E-state index in [1.54, 1.807) is 10.4 Å². The number of hydrogen-bond acceptors (Lipinski definition) is 3. The Morgan fingerprint density at radius 2 is 2.11 bits per heavy atom. The summed E-state index contributed by atoms with van der Waals surface area (Å²) in [5, 5.41) is 3.28. The largest absolute Gasteiger partial charge is 0.312 e. The lowest BCUT2D eigenvalue weighted by Crippen LogP contribution is -2.34. The van der Waals surface area contributed by atoms with Crippen LogP contribution < -0.4 is 5.32 Å². The molecule has 0 bridgehead atoms. The Morgan fingerprint density at radius 3 is 2.79 bits per heavy atom. The molecule has 0 fully saturated rings. The molecule has 1 aromatic rings. The molecule has 0 amide bonds. The van der Waals surface area contributed by atoms with Crippen LogP contribution in [0.3, 0.4) is 0 Å². The van der Waals surface area contributed by atoms with Crippen molar-refractivity contribution in [2.45, 2.75) is 38.1 Å². The summed E-state index contributed by atoms with van der Waals surface area (Å²) < 4.78 is 27.0. The lowest BCUT2D eigenvalue weighted by atomic mass is 10.0. The lowest BCUT2D eigenvalue weighted by Gasteiger charge is -2.25. The summed E-state index contributed by atoms with van der Waals surface area (Å²) in [6.07, 6.45) is 1.62. The van der Waals surface area contributed by atoms with Gasteiger partial charge >= 0.3 is 0 Å². The van der Waals surface area contributed by atoms with Crippen molar-refractivity contribution in [3.05, 3.63) is 29.3 Å². The molecule has 0 aliphatic carbocycles. The molecule has 1 heterocycles. The normalized spacial score (nSPS) is 15.5. The molecule has 1 aliphatic rings. The monoisotopic (exact) mass is 282 g/mol. The number of benzene rings is 1. The Labute approximate surface area is 115 Å². The molecule has 106 valence electrons. The molecule has 0 saturated carbocycles. The zero-order valence-corrected chi connectivity index (χ0v) is 12.5. The van der Waals surface area contributed by atoms with Gasteiger partial charge in [0.25, 0.3) is 0 Å². The molecule has 4 nitrogen and oxygen atoms in total. The Bertz CT molecular complexity index is 540. The third kappa shape index (κ3) is 2.83. The molecule has 0 saturated heterocycles. The van der Waals surface area contributed by atoms with Crippen LogP contribution in [0.5, 0.6) is 0 Å². The number of rotatable bonds is 5. The maximum Gasteiger partial charge on any atom is 0.243 e. The average Bonchev–Trinajstić information content (AvgIpc) is 2.43. The molecule has 0 unspecified atom stereocenters. The average molecular weight is 282 g/mol. The van der Waals surface area contributed by atoms with E-state index < -0.39 is 10.0 Å². The summed E-state index contributed by atoms with van der Waals surface area (Å²) in [7, 11) is -3.35. The molecular formula is C14H22N2O2S. The first-order valence-corrected chi connectivity index (χ1v) is 8.36. The van der Waals surface area contributed by atoms with Crippen LogP contribution in [0.2, 0.25) is 0 Å². The quantitative estimate of drug-likeness (QED) is 0.895. The summed E-state index contributed by atoms with van der Waals surface area (Å²) in [6.45, 7) is 6.61. The smallest absolute Gasteiger partial charge is 0.243 e. The van der Waals surface area contributed by atoms with Crippen LogP contribution in [0.15, 0.2) is 23.1 Å². The predicted molar refractivity (Wildman–Crippen MR) is 76.6 cm³/mol. The van der Waals surface area contributed by atoms with E-state index in [1.165, 1.54) is 0 Å². The second-order valence-electron chi connectivity index (χ2n) is 4.82. The first-order chi connectivity index (χ1) is 9.11. The highest BCUT2D eigenvalue weighted by Crippen LogP contribution is 2.25. The van der Waals surface area contributed by atoms with Crippen LogP contribution in [0.4, 0.5) is 0 Å². The minimum atomic E-state index is -3.35. The topological polar surface area (TPSA) is 49.4 Å². The van der Waals surface area contributed by atoms with E-state index in [9.17, 15) is 8.42 Å². The SMILES string of the molecule is CCCN(CC)S(=O)(=O)c1cccc2c1CCNC2. The van der Waals surface area contributed by atoms with Gasteiger partial charge in [0.05, 0.1) is 4.90 Å². The van der Waals surface area contributed by atoms with Gasteiger partial charge in [0.2, 0.25) is 10.0 Å². The van der Waals surface area contributed by atoms with Crippen molar-refractivity contribution in [1.29, 1.82) is 0 Å². The highest BCUT2D eigenvalue weighted by Gasteiger charge is 2.27. The molecule has 0 radical (unpaired) electrons. The summed E-state index contributed by atoms with van der Waals surface area (Å²) in [5.41, 5.74) is 2.11. The van der Waals surface area contributed by atoms with Crippen molar-refractivity contribution in [2.24, 2.45) is 0 Å². The van der Waals surface area contributed by atoms with Crippen LogP contribution in [0.1, 0.15) is 31.4 Å². The molecule has 2 rings (SSSR count). The third-order valence-electron chi connectivity index (χ3n) is 3.54. The van der Waals surface area contributed by atoms with Gasteiger partial charge in [-0.15, -0.1) is 0 Å². The molecule has 5 heteroatoms. The summed E-state index contributed by atoms with van der Waals surface area (Å²) in [6, 6.07) is 5.60. The van der Waals surface area contributed by atoms with E-state index in [0.29, 0.717) is 18.0 Å². The van der Waals surface area contributed by atoms with Crippen LogP contribution in [-0.4, -0.2) is 32.4 Å². The van der Waals surface area contributed by atoms with Crippen LogP contribution >= 0.6 is 0 Å². The fourth-order valence-electron chi connectivity index (χ4n) is 2.58. The molecule has 1 aromatic carbocycles. The van der Waals surface area contributed by atoms with Crippen molar-refractivity contribution >= 4 is 10.0 Å². The van der Waals surface area contributed by atoms with Crippen molar-refractivity contribution in [3.63, 3.8) is 0 Å². The second kappa shape index (κ2) is 6.03. The molecule has 0 aromatic heterocycles. The molecule has 1 aliphatic heterocycles. The van der Waals surface area contributed by atoms with E-state index in [-0.39, 0.29) is 0 Å². The van der Waals surface area contributed by atoms with E-state index in [1.807, 2.05) is 26.0 Å². The Morgan fingerprint density at radius 1 is 1.32 bits per heavy atom. The van der Waals surface area contributed by atoms with E-state index in [4.69, 9.17) is 0 Å². The van der Waals surface area contributed by atoms with Crippen molar-refractivity contribution in [1.82, 2.24) is 9.62 Å². The maximum absolute atomic E-state index is 12.7. The van der Waals surface area contributed by atoms with Gasteiger partial charge in [0.15, 0.2) is 0 Å². The lowest BCUT2D eigenvalue weighted by molar-refractivity contribution is 0.426. The first-order valence-electron chi connectivity index (χ1n) is 6.92. The summed E-state index contributed by atoms with van der Waals surface area (Å²) in [5.74, 6) is 0. The number of nitrogens with one attached hydrogen (secondary N) is 1. The minimum absolute atomic E-state index is 0.502. The number of nitrogens with zero attached hydrogens (tertiary/aromatic N) is 1. The zero-order valence-electron chi connectivity index (χ0n) is 11.6. The van der Waals surface area contributed by atoms with Crippen LogP contribution in [0, 0.1) is 0 Å². The Balaban J connectivity index is 2.45. The predicted octanol–water partition coefficient (Wildman–Crippen LogP) is 1.75. The van der Waals surface area contributed by atoms with E-state index >= 15 is 0 Å². The van der Waals surface area contributed by atoms with Crippen LogP contribution in [-0.2, 0) is 23.0 Å². The van der Waals surface area contributed by atoms with Gasteiger partial charge in [-0.25, -0.2) is 8.42 Å². The van der Waals surface area contributed by atoms with Crippen molar-refractivity contribution in [2.75, 3.05) is 19.6 Å². The number of fused-ring (bicyclic) bond motifs is 1. The van der Waals surface area contributed by atoms with Gasteiger partial charge in [-0.3, -0.25) is 0 Å². The first kappa shape index (κ1) is 14.5. The number of hydrogen-bond donors (Lipinski definition) is 1. The van der Waals surface area contributed by atoms with E-state index in [2.05, 4.69) is 5.32 Å². The highest BCUT2D eigenvalue weighted by atomic mass is 32.2. The van der Waals surface area contributed by atoms with Gasteiger partial charge in [0.1, 0.15) is 0 Å². The Hall–Kier alpha value is -0.910. The molecule has 1 N–H and O–H groups in total. The fraction of sp³-hybridized carbons (Fsp3) is 0.571. The standard InChI is InChI=1S/C14H22N2O2S/c1-3-10-16(4-2)19(17,18)14-7-5-6-12-11-15-9-8-13(12)14/h5-7,15H,3-4,8-11H2,1-2H3. The third-order valence-corrected chi connectivity index (χ3v) is 5.60. The highest BCUT2D eigenvalue weighted by molar-refractivity contribution is 7.89. The van der Waals surface area contributed by atoms with E-state index in [0.717, 1.165) is 37.1 Å². The van der Waals surface area contributed by atoms with Crippen LogP contribution in [0.25, 0.3) is 0 Å². The van der Waals surface area contributed by atoms with Crippen molar-refractivity contribution < 1.29 is 8.42 Å². The van der Waals surface area contributed by atoms with Gasteiger partial charge in [-0.05, 0) is 36.6 Å². The summed E-state index contributed by atoms with van der Waals surface area (Å²) in [4.78, 5) is 0.502.